The lowest BCUT2D eigenvalue weighted by Crippen LogP contribution is -2.42. The van der Waals surface area contributed by atoms with E-state index in [9.17, 15) is 0 Å². The van der Waals surface area contributed by atoms with Crippen molar-refractivity contribution < 1.29 is 9.15 Å². The maximum atomic E-state index is 5.54. The summed E-state index contributed by atoms with van der Waals surface area (Å²) in [5.41, 5.74) is 0. The molecule has 2 unspecified atom stereocenters. The van der Waals surface area contributed by atoms with Gasteiger partial charge in [-0.25, -0.2) is 0 Å². The van der Waals surface area contributed by atoms with Gasteiger partial charge in [0.05, 0.1) is 12.6 Å². The largest absolute Gasteiger partial charge is 0.465 e. The lowest BCUT2D eigenvalue weighted by atomic mass is 9.92. The lowest BCUT2D eigenvalue weighted by molar-refractivity contribution is 0.0407. The van der Waals surface area contributed by atoms with Crippen LogP contribution in [0, 0.1) is 6.92 Å². The van der Waals surface area contributed by atoms with Gasteiger partial charge in [0, 0.05) is 13.2 Å². The van der Waals surface area contributed by atoms with Crippen LogP contribution >= 0.6 is 0 Å². The fourth-order valence-corrected chi connectivity index (χ4v) is 2.42. The molecule has 2 atom stereocenters. The molecule has 1 aromatic heterocycles. The minimum atomic E-state index is 0.366. The number of hydrogen-bond acceptors (Lipinski definition) is 3. The second-order valence-corrected chi connectivity index (χ2v) is 4.56. The Balaban J connectivity index is 1.84. The van der Waals surface area contributed by atoms with Gasteiger partial charge in [-0.1, -0.05) is 12.8 Å². The molecule has 0 radical (unpaired) electrons. The summed E-state index contributed by atoms with van der Waals surface area (Å²) in [5, 5.41) is 3.53. The minimum absolute atomic E-state index is 0.366. The molecule has 16 heavy (non-hydrogen) atoms. The Labute approximate surface area is 97.2 Å². The first-order valence-electron chi connectivity index (χ1n) is 6.11. The third kappa shape index (κ3) is 2.86. The standard InChI is InChI=1S/C13H21NO2/c1-10-7-8-11(16-10)9-14-12-5-3-4-6-13(12)15-2/h7-8,12-14H,3-6,9H2,1-2H3. The number of ether oxygens (including phenoxy) is 1. The topological polar surface area (TPSA) is 34.4 Å². The van der Waals surface area contributed by atoms with Crippen molar-refractivity contribution in [1.82, 2.24) is 5.32 Å². The molecule has 0 spiro atoms. The van der Waals surface area contributed by atoms with E-state index in [1.54, 1.807) is 0 Å². The summed E-state index contributed by atoms with van der Waals surface area (Å²) >= 11 is 0. The van der Waals surface area contributed by atoms with Gasteiger partial charge in [0.25, 0.3) is 0 Å². The molecule has 1 saturated carbocycles. The van der Waals surface area contributed by atoms with Crippen molar-refractivity contribution in [2.24, 2.45) is 0 Å². The SMILES string of the molecule is COC1CCCCC1NCc1ccc(C)o1. The monoisotopic (exact) mass is 223 g/mol. The van der Waals surface area contributed by atoms with E-state index < -0.39 is 0 Å². The molecule has 1 fully saturated rings. The average molecular weight is 223 g/mol. The summed E-state index contributed by atoms with van der Waals surface area (Å²) in [6.07, 6.45) is 5.33. The van der Waals surface area contributed by atoms with E-state index in [0.717, 1.165) is 18.1 Å². The predicted molar refractivity (Wildman–Crippen MR) is 63.3 cm³/mol. The van der Waals surface area contributed by atoms with E-state index in [4.69, 9.17) is 9.15 Å². The van der Waals surface area contributed by atoms with Crippen LogP contribution in [0.15, 0.2) is 16.5 Å². The number of methoxy groups -OCH3 is 1. The molecule has 90 valence electrons. The molecule has 2 rings (SSSR count). The molecule has 3 heteroatoms. The Hall–Kier alpha value is -0.800. The highest BCUT2D eigenvalue weighted by molar-refractivity contribution is 5.05. The van der Waals surface area contributed by atoms with E-state index in [1.807, 2.05) is 26.2 Å². The van der Waals surface area contributed by atoms with E-state index in [0.29, 0.717) is 12.1 Å². The van der Waals surface area contributed by atoms with Gasteiger partial charge in [-0.05, 0) is 31.9 Å². The van der Waals surface area contributed by atoms with Crippen molar-refractivity contribution >= 4 is 0 Å². The smallest absolute Gasteiger partial charge is 0.117 e. The van der Waals surface area contributed by atoms with E-state index in [-0.39, 0.29) is 0 Å². The van der Waals surface area contributed by atoms with Crippen LogP contribution in [0.25, 0.3) is 0 Å². The molecule has 1 aliphatic rings. The highest BCUT2D eigenvalue weighted by Crippen LogP contribution is 2.21. The van der Waals surface area contributed by atoms with E-state index >= 15 is 0 Å². The highest BCUT2D eigenvalue weighted by Gasteiger charge is 2.24. The van der Waals surface area contributed by atoms with Crippen LogP contribution in [0.4, 0.5) is 0 Å². The molecule has 1 aliphatic carbocycles. The molecule has 0 aromatic carbocycles. The number of rotatable bonds is 4. The van der Waals surface area contributed by atoms with Crippen LogP contribution in [-0.4, -0.2) is 19.3 Å². The second kappa shape index (κ2) is 5.51. The van der Waals surface area contributed by atoms with Gasteiger partial charge in [0.15, 0.2) is 0 Å². The Morgan fingerprint density at radius 1 is 1.38 bits per heavy atom. The maximum Gasteiger partial charge on any atom is 0.117 e. The molecule has 3 nitrogen and oxygen atoms in total. The van der Waals surface area contributed by atoms with Gasteiger partial charge in [-0.3, -0.25) is 0 Å². The zero-order chi connectivity index (χ0) is 11.4. The number of hydrogen-bond donors (Lipinski definition) is 1. The molecule has 1 N–H and O–H groups in total. The zero-order valence-corrected chi connectivity index (χ0v) is 10.2. The van der Waals surface area contributed by atoms with Crippen molar-refractivity contribution in [2.45, 2.75) is 51.3 Å². The second-order valence-electron chi connectivity index (χ2n) is 4.56. The number of aryl methyl sites for hydroxylation is 1. The summed E-state index contributed by atoms with van der Waals surface area (Å²) in [6.45, 7) is 2.78. The summed E-state index contributed by atoms with van der Waals surface area (Å²) in [7, 11) is 1.81. The van der Waals surface area contributed by atoms with Crippen LogP contribution in [-0.2, 0) is 11.3 Å². The van der Waals surface area contributed by atoms with Gasteiger partial charge in [-0.15, -0.1) is 0 Å². The summed E-state index contributed by atoms with van der Waals surface area (Å²) in [6, 6.07) is 4.52. The Morgan fingerprint density at radius 2 is 2.19 bits per heavy atom. The van der Waals surface area contributed by atoms with Crippen LogP contribution < -0.4 is 5.32 Å². The van der Waals surface area contributed by atoms with Gasteiger partial charge in [0.2, 0.25) is 0 Å². The van der Waals surface area contributed by atoms with Gasteiger partial charge in [0.1, 0.15) is 11.5 Å². The molecular formula is C13H21NO2. The van der Waals surface area contributed by atoms with E-state index in [2.05, 4.69) is 5.32 Å². The molecular weight excluding hydrogens is 202 g/mol. The third-order valence-electron chi connectivity index (χ3n) is 3.34. The van der Waals surface area contributed by atoms with Crippen molar-refractivity contribution in [2.75, 3.05) is 7.11 Å². The molecule has 0 saturated heterocycles. The first kappa shape index (κ1) is 11.7. The van der Waals surface area contributed by atoms with Crippen molar-refractivity contribution in [1.29, 1.82) is 0 Å². The summed E-state index contributed by atoms with van der Waals surface area (Å²) in [4.78, 5) is 0. The van der Waals surface area contributed by atoms with Crippen LogP contribution in [0.1, 0.15) is 37.2 Å². The average Bonchev–Trinajstić information content (AvgIpc) is 2.73. The fraction of sp³-hybridized carbons (Fsp3) is 0.692. The summed E-state index contributed by atoms with van der Waals surface area (Å²) < 4.78 is 11.0. The van der Waals surface area contributed by atoms with Crippen molar-refractivity contribution in [3.63, 3.8) is 0 Å². The third-order valence-corrected chi connectivity index (χ3v) is 3.34. The zero-order valence-electron chi connectivity index (χ0n) is 10.2. The van der Waals surface area contributed by atoms with Crippen LogP contribution in [0.5, 0.6) is 0 Å². The first-order chi connectivity index (χ1) is 7.79. The number of furan rings is 1. The van der Waals surface area contributed by atoms with Crippen LogP contribution in [0.3, 0.4) is 0 Å². The molecule has 0 bridgehead atoms. The number of nitrogens with one attached hydrogen (secondary N) is 1. The van der Waals surface area contributed by atoms with Gasteiger partial charge in [-0.2, -0.15) is 0 Å². The molecule has 0 aliphatic heterocycles. The Kier molecular flexibility index (Phi) is 4.02. The first-order valence-corrected chi connectivity index (χ1v) is 6.11. The van der Waals surface area contributed by atoms with Crippen LogP contribution in [0.2, 0.25) is 0 Å². The van der Waals surface area contributed by atoms with Crippen molar-refractivity contribution in [3.8, 4) is 0 Å². The summed E-state index contributed by atoms with van der Waals surface area (Å²) in [5.74, 6) is 1.99. The molecule has 1 aromatic rings. The minimum Gasteiger partial charge on any atom is -0.465 e. The Morgan fingerprint density at radius 3 is 2.88 bits per heavy atom. The molecule has 1 heterocycles. The van der Waals surface area contributed by atoms with Gasteiger partial charge >= 0.3 is 0 Å². The predicted octanol–water partition coefficient (Wildman–Crippen LogP) is 2.64. The van der Waals surface area contributed by atoms with Gasteiger partial charge < -0.3 is 14.5 Å². The maximum absolute atomic E-state index is 5.54. The fourth-order valence-electron chi connectivity index (χ4n) is 2.42. The Bertz CT molecular complexity index is 321. The van der Waals surface area contributed by atoms with Crippen molar-refractivity contribution in [3.05, 3.63) is 23.7 Å². The quantitative estimate of drug-likeness (QED) is 0.852. The van der Waals surface area contributed by atoms with E-state index in [1.165, 1.54) is 25.7 Å². The lowest BCUT2D eigenvalue weighted by Gasteiger charge is -2.30. The highest BCUT2D eigenvalue weighted by atomic mass is 16.5. The molecule has 0 amide bonds. The normalized spacial score (nSPS) is 25.9.